The van der Waals surface area contributed by atoms with E-state index >= 15 is 0 Å². The van der Waals surface area contributed by atoms with E-state index in [0.717, 1.165) is 7.28 Å². The molecule has 5 heterocycles. The van der Waals surface area contributed by atoms with Crippen LogP contribution in [0.15, 0.2) is 164 Å². The number of rotatable bonds is 2. The molecular formula is C52H29BN2S3. The Balaban J connectivity index is 1.13. The molecule has 0 bridgehead atoms. The molecule has 0 spiro atoms. The molecule has 58 heavy (non-hydrogen) atoms. The van der Waals surface area contributed by atoms with Crippen LogP contribution >= 0.6 is 34.0 Å². The molecule has 1 N–H and O–H groups in total. The SMILES string of the molecule is B1c2cc3sc4ccccc4c3cc2N(c2ccc3sc4ccccc4c3c2)c2cc3c(sc4ccccc43)c(-c3cccc4c3[nH]c3c5ccccc5ccc43)c21. The first kappa shape index (κ1) is 31.6. The maximum absolute atomic E-state index is 4.02. The lowest BCUT2D eigenvalue weighted by Gasteiger charge is -2.35. The zero-order valence-electron chi connectivity index (χ0n) is 31.0. The van der Waals surface area contributed by atoms with Gasteiger partial charge in [-0.25, -0.2) is 0 Å². The van der Waals surface area contributed by atoms with Gasteiger partial charge < -0.3 is 9.88 Å². The Morgan fingerprint density at radius 3 is 1.84 bits per heavy atom. The number of para-hydroxylation sites is 1. The molecule has 14 rings (SSSR count). The predicted octanol–water partition coefficient (Wildman–Crippen LogP) is 14.4. The Bertz CT molecular complexity index is 3920. The molecule has 0 aliphatic carbocycles. The third-order valence-corrected chi connectivity index (χ3v) is 16.1. The van der Waals surface area contributed by atoms with Crippen LogP contribution in [0.5, 0.6) is 0 Å². The third-order valence-electron chi connectivity index (χ3n) is 12.6. The van der Waals surface area contributed by atoms with E-state index in [0.29, 0.717) is 0 Å². The van der Waals surface area contributed by atoms with Crippen molar-refractivity contribution < 1.29 is 0 Å². The minimum Gasteiger partial charge on any atom is -0.353 e. The summed E-state index contributed by atoms with van der Waals surface area (Å²) >= 11 is 5.72. The molecular weight excluding hydrogens is 760 g/mol. The molecule has 4 aromatic heterocycles. The number of benzene rings is 9. The summed E-state index contributed by atoms with van der Waals surface area (Å²) in [5.41, 5.74) is 11.4. The van der Waals surface area contributed by atoms with Gasteiger partial charge in [0.2, 0.25) is 0 Å². The van der Waals surface area contributed by atoms with E-state index in [9.17, 15) is 0 Å². The molecule has 0 radical (unpaired) electrons. The zero-order chi connectivity index (χ0) is 37.6. The van der Waals surface area contributed by atoms with E-state index in [4.69, 9.17) is 0 Å². The summed E-state index contributed by atoms with van der Waals surface area (Å²) < 4.78 is 7.99. The number of aromatic amines is 1. The van der Waals surface area contributed by atoms with Gasteiger partial charge in [-0.3, -0.25) is 0 Å². The molecule has 0 saturated carbocycles. The summed E-state index contributed by atoms with van der Waals surface area (Å²) in [6.45, 7) is 0. The molecule has 9 aromatic carbocycles. The molecule has 1 aliphatic heterocycles. The second-order valence-corrected chi connectivity index (χ2v) is 18.9. The summed E-state index contributed by atoms with van der Waals surface area (Å²) in [6, 6.07) is 61.6. The van der Waals surface area contributed by atoms with Crippen LogP contribution in [-0.2, 0) is 0 Å². The van der Waals surface area contributed by atoms with E-state index < -0.39 is 0 Å². The first-order valence-electron chi connectivity index (χ1n) is 19.8. The highest BCUT2D eigenvalue weighted by atomic mass is 32.1. The van der Waals surface area contributed by atoms with E-state index in [2.05, 4.69) is 174 Å². The standard InChI is InChI=1S/C52H29BN2S3/c1-2-11-30-28(10-1)20-22-35-34-15-9-16-36(51(34)54-50(30)35)48-49-42(26-39-33-14-5-8-19-45(33)58-52(39)48)55(29-21-23-46-37(24-29)31-12-3-6-17-43(31)56-46)41-25-38-32-13-4-7-18-44(32)57-47(38)27-40(41)53-49/h1-27,53-54H. The molecule has 0 unspecified atom stereocenters. The highest BCUT2D eigenvalue weighted by Gasteiger charge is 2.32. The van der Waals surface area contributed by atoms with Crippen molar-refractivity contribution in [3.05, 3.63) is 164 Å². The summed E-state index contributed by atoms with van der Waals surface area (Å²) in [4.78, 5) is 6.62. The number of fused-ring (bicyclic) bond motifs is 16. The van der Waals surface area contributed by atoms with Crippen molar-refractivity contribution >= 4 is 162 Å². The van der Waals surface area contributed by atoms with Gasteiger partial charge in [-0.1, -0.05) is 115 Å². The van der Waals surface area contributed by atoms with E-state index in [1.807, 2.05) is 34.0 Å². The van der Waals surface area contributed by atoms with Crippen molar-refractivity contribution in [2.75, 3.05) is 4.90 Å². The maximum atomic E-state index is 4.02. The molecule has 1 aliphatic rings. The van der Waals surface area contributed by atoms with Crippen molar-refractivity contribution in [3.8, 4) is 11.1 Å². The minimum absolute atomic E-state index is 0.841. The quantitative estimate of drug-likeness (QED) is 0.173. The van der Waals surface area contributed by atoms with Gasteiger partial charge in [0.25, 0.3) is 0 Å². The molecule has 0 atom stereocenters. The van der Waals surface area contributed by atoms with Crippen molar-refractivity contribution in [2.24, 2.45) is 0 Å². The van der Waals surface area contributed by atoms with Crippen LogP contribution in [0, 0.1) is 0 Å². The van der Waals surface area contributed by atoms with Gasteiger partial charge in [0.05, 0.1) is 11.0 Å². The van der Waals surface area contributed by atoms with Crippen molar-refractivity contribution in [1.82, 2.24) is 4.98 Å². The van der Waals surface area contributed by atoms with Crippen LogP contribution in [0.3, 0.4) is 0 Å². The van der Waals surface area contributed by atoms with E-state index in [-0.39, 0.29) is 0 Å². The second-order valence-electron chi connectivity index (χ2n) is 15.7. The van der Waals surface area contributed by atoms with Crippen LogP contribution in [0.1, 0.15) is 0 Å². The fourth-order valence-electron chi connectivity index (χ4n) is 10.0. The molecule has 0 fully saturated rings. The van der Waals surface area contributed by atoms with Crippen LogP contribution in [0.2, 0.25) is 0 Å². The monoisotopic (exact) mass is 788 g/mol. The summed E-state index contributed by atoms with van der Waals surface area (Å²) in [5, 5.41) is 12.9. The van der Waals surface area contributed by atoms with E-state index in [1.54, 1.807) is 0 Å². The maximum Gasteiger partial charge on any atom is 0.198 e. The average molecular weight is 789 g/mol. The zero-order valence-corrected chi connectivity index (χ0v) is 33.4. The second kappa shape index (κ2) is 11.6. The number of aromatic nitrogens is 1. The smallest absolute Gasteiger partial charge is 0.198 e. The lowest BCUT2D eigenvalue weighted by Crippen LogP contribution is -2.41. The van der Waals surface area contributed by atoms with Gasteiger partial charge in [-0.15, -0.1) is 34.0 Å². The van der Waals surface area contributed by atoms with Crippen molar-refractivity contribution in [2.45, 2.75) is 0 Å². The average Bonchev–Trinajstić information content (AvgIpc) is 4.04. The number of H-pyrrole nitrogens is 1. The lowest BCUT2D eigenvalue weighted by atomic mass is 9.58. The lowest BCUT2D eigenvalue weighted by molar-refractivity contribution is 1.32. The normalized spacial score (nSPS) is 12.9. The number of thiophene rings is 3. The molecule has 6 heteroatoms. The Morgan fingerprint density at radius 1 is 0.414 bits per heavy atom. The molecule has 0 saturated heterocycles. The fourth-order valence-corrected chi connectivity index (χ4v) is 13.5. The largest absolute Gasteiger partial charge is 0.353 e. The van der Waals surface area contributed by atoms with Gasteiger partial charge in [-0.2, -0.15) is 0 Å². The van der Waals surface area contributed by atoms with Gasteiger partial charge in [-0.05, 0) is 71.0 Å². The molecule has 0 amide bonds. The van der Waals surface area contributed by atoms with Gasteiger partial charge in [0.1, 0.15) is 0 Å². The highest BCUT2D eigenvalue weighted by molar-refractivity contribution is 7.27. The van der Waals surface area contributed by atoms with Crippen molar-refractivity contribution in [1.29, 1.82) is 0 Å². The van der Waals surface area contributed by atoms with Gasteiger partial charge in [0, 0.05) is 99.3 Å². The first-order valence-corrected chi connectivity index (χ1v) is 22.2. The van der Waals surface area contributed by atoms with Crippen LogP contribution in [-0.4, -0.2) is 12.3 Å². The predicted molar refractivity (Wildman–Crippen MR) is 259 cm³/mol. The number of nitrogens with zero attached hydrogens (tertiary/aromatic N) is 1. The summed E-state index contributed by atoms with van der Waals surface area (Å²) in [7, 11) is 0.841. The molecule has 268 valence electrons. The van der Waals surface area contributed by atoms with Gasteiger partial charge in [0.15, 0.2) is 7.28 Å². The summed E-state index contributed by atoms with van der Waals surface area (Å²) in [6.07, 6.45) is 0. The highest BCUT2D eigenvalue weighted by Crippen LogP contribution is 2.49. The van der Waals surface area contributed by atoms with E-state index in [1.165, 1.54) is 132 Å². The minimum atomic E-state index is 0.841. The van der Waals surface area contributed by atoms with Gasteiger partial charge >= 0.3 is 0 Å². The number of hydrogen-bond donors (Lipinski definition) is 1. The topological polar surface area (TPSA) is 19.0 Å². The first-order chi connectivity index (χ1) is 28.7. The Kier molecular flexibility index (Phi) is 6.32. The Morgan fingerprint density at radius 2 is 1.03 bits per heavy atom. The Hall–Kier alpha value is -6.44. The number of anilines is 3. The van der Waals surface area contributed by atoms with Crippen LogP contribution in [0.4, 0.5) is 17.1 Å². The molecule has 13 aromatic rings. The Labute approximate surface area is 345 Å². The van der Waals surface area contributed by atoms with Crippen LogP contribution < -0.4 is 15.8 Å². The van der Waals surface area contributed by atoms with Crippen molar-refractivity contribution in [3.63, 3.8) is 0 Å². The third kappa shape index (κ3) is 4.26. The molecule has 2 nitrogen and oxygen atoms in total. The van der Waals surface area contributed by atoms with Crippen LogP contribution in [0.25, 0.3) is 104 Å². The number of hydrogen-bond acceptors (Lipinski definition) is 4. The fraction of sp³-hybridized carbons (Fsp3) is 0. The summed E-state index contributed by atoms with van der Waals surface area (Å²) in [5.74, 6) is 0. The number of nitrogens with one attached hydrogen (secondary N) is 1.